The van der Waals surface area contributed by atoms with Crippen LogP contribution in [0.1, 0.15) is 50.5 Å². The number of nitrogens with zero attached hydrogens (tertiary/aromatic N) is 4. The van der Waals surface area contributed by atoms with Gasteiger partial charge in [0.25, 0.3) is 0 Å². The molecule has 0 saturated heterocycles. The summed E-state index contributed by atoms with van der Waals surface area (Å²) in [5.74, 6) is 0.926. The fourth-order valence-corrected chi connectivity index (χ4v) is 3.22. The second-order valence-corrected chi connectivity index (χ2v) is 7.69. The molecule has 0 aromatic carbocycles. The Morgan fingerprint density at radius 3 is 2.33 bits per heavy atom. The normalized spacial score (nSPS) is 12.9. The SMILES string of the molecule is CC(C)(C)c1nsc(CC(C)(C)c2ncns2)n1. The van der Waals surface area contributed by atoms with E-state index in [9.17, 15) is 0 Å². The van der Waals surface area contributed by atoms with E-state index in [-0.39, 0.29) is 10.8 Å². The molecule has 4 nitrogen and oxygen atoms in total. The van der Waals surface area contributed by atoms with Crippen LogP contribution < -0.4 is 0 Å². The summed E-state index contributed by atoms with van der Waals surface area (Å²) in [6, 6.07) is 0. The van der Waals surface area contributed by atoms with E-state index in [0.29, 0.717) is 0 Å². The van der Waals surface area contributed by atoms with Crippen LogP contribution in [-0.4, -0.2) is 18.7 Å². The largest absolute Gasteiger partial charge is 0.227 e. The Kier molecular flexibility index (Phi) is 3.51. The van der Waals surface area contributed by atoms with Crippen LogP contribution in [0, 0.1) is 0 Å². The quantitative estimate of drug-likeness (QED) is 0.867. The first-order chi connectivity index (χ1) is 8.29. The Bertz CT molecular complexity index is 508. The van der Waals surface area contributed by atoms with Gasteiger partial charge in [-0.15, -0.1) is 0 Å². The Morgan fingerprint density at radius 1 is 1.11 bits per heavy atom. The van der Waals surface area contributed by atoms with Crippen molar-refractivity contribution in [2.45, 2.75) is 51.9 Å². The topological polar surface area (TPSA) is 51.6 Å². The van der Waals surface area contributed by atoms with Crippen LogP contribution in [0.3, 0.4) is 0 Å². The van der Waals surface area contributed by atoms with E-state index in [1.165, 1.54) is 23.1 Å². The first kappa shape index (κ1) is 13.5. The molecule has 0 spiro atoms. The summed E-state index contributed by atoms with van der Waals surface area (Å²) >= 11 is 2.95. The molecule has 98 valence electrons. The highest BCUT2D eigenvalue weighted by molar-refractivity contribution is 7.06. The van der Waals surface area contributed by atoms with Crippen molar-refractivity contribution in [2.75, 3.05) is 0 Å². The second kappa shape index (κ2) is 4.66. The van der Waals surface area contributed by atoms with Crippen molar-refractivity contribution in [1.82, 2.24) is 18.7 Å². The van der Waals surface area contributed by atoms with Gasteiger partial charge in [0.1, 0.15) is 22.2 Å². The van der Waals surface area contributed by atoms with Gasteiger partial charge in [-0.2, -0.15) is 8.75 Å². The summed E-state index contributed by atoms with van der Waals surface area (Å²) in [6.45, 7) is 10.7. The number of hydrogen-bond acceptors (Lipinski definition) is 6. The molecule has 0 saturated carbocycles. The molecule has 18 heavy (non-hydrogen) atoms. The van der Waals surface area contributed by atoms with Gasteiger partial charge in [0, 0.05) is 17.3 Å². The van der Waals surface area contributed by atoms with Crippen LogP contribution >= 0.6 is 23.1 Å². The standard InChI is InChI=1S/C12H18N4S2/c1-11(2,3)9-15-8(17-16-9)6-12(4,5)10-13-7-14-18-10/h7H,6H2,1-5H3. The fraction of sp³-hybridized carbons (Fsp3) is 0.667. The van der Waals surface area contributed by atoms with Crippen LogP contribution in [0.15, 0.2) is 6.33 Å². The fourth-order valence-electron chi connectivity index (χ4n) is 1.56. The van der Waals surface area contributed by atoms with Crippen molar-refractivity contribution in [2.24, 2.45) is 0 Å². The average molecular weight is 282 g/mol. The van der Waals surface area contributed by atoms with E-state index in [2.05, 4.69) is 53.3 Å². The van der Waals surface area contributed by atoms with Gasteiger partial charge in [0.05, 0.1) is 0 Å². The molecule has 2 aromatic heterocycles. The third-order valence-corrected chi connectivity index (χ3v) is 4.41. The van der Waals surface area contributed by atoms with E-state index in [0.717, 1.165) is 22.3 Å². The average Bonchev–Trinajstić information content (AvgIpc) is 2.83. The van der Waals surface area contributed by atoms with Gasteiger partial charge in [0.2, 0.25) is 0 Å². The van der Waals surface area contributed by atoms with Crippen molar-refractivity contribution in [3.63, 3.8) is 0 Å². The summed E-state index contributed by atoms with van der Waals surface area (Å²) in [6.07, 6.45) is 2.47. The molecule has 2 heterocycles. The number of aromatic nitrogens is 4. The highest BCUT2D eigenvalue weighted by atomic mass is 32.1. The zero-order valence-electron chi connectivity index (χ0n) is 11.4. The van der Waals surface area contributed by atoms with Crippen molar-refractivity contribution < 1.29 is 0 Å². The lowest BCUT2D eigenvalue weighted by molar-refractivity contribution is 0.510. The van der Waals surface area contributed by atoms with E-state index in [1.54, 1.807) is 6.33 Å². The highest BCUT2D eigenvalue weighted by Gasteiger charge is 2.27. The molecular weight excluding hydrogens is 264 g/mol. The van der Waals surface area contributed by atoms with E-state index < -0.39 is 0 Å². The minimum Gasteiger partial charge on any atom is -0.227 e. The lowest BCUT2D eigenvalue weighted by Gasteiger charge is -2.19. The summed E-state index contributed by atoms with van der Waals surface area (Å²) in [5, 5.41) is 2.12. The maximum absolute atomic E-state index is 4.64. The van der Waals surface area contributed by atoms with Gasteiger partial charge < -0.3 is 0 Å². The molecule has 0 unspecified atom stereocenters. The van der Waals surface area contributed by atoms with Gasteiger partial charge in [-0.05, 0) is 23.1 Å². The van der Waals surface area contributed by atoms with E-state index in [1.807, 2.05) is 0 Å². The Labute approximate surface area is 116 Å². The van der Waals surface area contributed by atoms with Crippen LogP contribution in [0.5, 0.6) is 0 Å². The number of hydrogen-bond donors (Lipinski definition) is 0. The maximum atomic E-state index is 4.64. The predicted molar refractivity (Wildman–Crippen MR) is 75.2 cm³/mol. The minimum atomic E-state index is -0.0319. The molecule has 0 N–H and O–H groups in total. The van der Waals surface area contributed by atoms with Crippen LogP contribution in [0.4, 0.5) is 0 Å². The molecule has 0 aliphatic carbocycles. The lowest BCUT2D eigenvalue weighted by atomic mass is 9.90. The van der Waals surface area contributed by atoms with Crippen molar-refractivity contribution >= 4 is 23.1 Å². The molecule has 0 amide bonds. The van der Waals surface area contributed by atoms with E-state index >= 15 is 0 Å². The zero-order valence-corrected chi connectivity index (χ0v) is 13.0. The van der Waals surface area contributed by atoms with Crippen molar-refractivity contribution in [3.05, 3.63) is 22.2 Å². The molecule has 0 atom stereocenters. The van der Waals surface area contributed by atoms with Crippen molar-refractivity contribution in [3.8, 4) is 0 Å². The lowest BCUT2D eigenvalue weighted by Crippen LogP contribution is -2.20. The smallest absolute Gasteiger partial charge is 0.147 e. The molecule has 2 aromatic rings. The number of rotatable bonds is 3. The summed E-state index contributed by atoms with van der Waals surface area (Å²) in [4.78, 5) is 8.94. The maximum Gasteiger partial charge on any atom is 0.147 e. The molecule has 0 radical (unpaired) electrons. The van der Waals surface area contributed by atoms with Crippen LogP contribution in [0.25, 0.3) is 0 Å². The van der Waals surface area contributed by atoms with E-state index in [4.69, 9.17) is 0 Å². The van der Waals surface area contributed by atoms with Crippen molar-refractivity contribution in [1.29, 1.82) is 0 Å². The van der Waals surface area contributed by atoms with Gasteiger partial charge in [0.15, 0.2) is 0 Å². The first-order valence-corrected chi connectivity index (χ1v) is 7.44. The molecule has 0 bridgehead atoms. The summed E-state index contributed by atoms with van der Waals surface area (Å²) < 4.78 is 8.52. The van der Waals surface area contributed by atoms with Crippen LogP contribution in [-0.2, 0) is 17.3 Å². The highest BCUT2D eigenvalue weighted by Crippen LogP contribution is 2.30. The van der Waals surface area contributed by atoms with Gasteiger partial charge in [-0.3, -0.25) is 0 Å². The molecule has 0 aliphatic rings. The van der Waals surface area contributed by atoms with Gasteiger partial charge >= 0.3 is 0 Å². The van der Waals surface area contributed by atoms with Gasteiger partial charge in [-0.1, -0.05) is 34.6 Å². The molecule has 0 aliphatic heterocycles. The van der Waals surface area contributed by atoms with Crippen LogP contribution in [0.2, 0.25) is 0 Å². The molecule has 0 fully saturated rings. The Morgan fingerprint density at radius 2 is 1.83 bits per heavy atom. The third-order valence-electron chi connectivity index (χ3n) is 2.67. The zero-order chi connectivity index (χ0) is 13.4. The molecule has 6 heteroatoms. The second-order valence-electron chi connectivity index (χ2n) is 6.07. The Balaban J connectivity index is 2.17. The monoisotopic (exact) mass is 282 g/mol. The molecule has 2 rings (SSSR count). The van der Waals surface area contributed by atoms with Gasteiger partial charge in [-0.25, -0.2) is 9.97 Å². The summed E-state index contributed by atoms with van der Waals surface area (Å²) in [5.41, 5.74) is -0.0164. The third kappa shape index (κ3) is 2.92. The summed E-state index contributed by atoms with van der Waals surface area (Å²) in [7, 11) is 0. The Hall–Kier alpha value is -0.880. The minimum absolute atomic E-state index is 0.0155. The molecular formula is C12H18N4S2. The predicted octanol–water partition coefficient (Wildman–Crippen LogP) is 3.21. The first-order valence-electron chi connectivity index (χ1n) is 5.89.